The maximum absolute atomic E-state index is 13.7. The Balaban J connectivity index is 1.51. The number of carbonyl (C=O) groups is 1. The van der Waals surface area contributed by atoms with Crippen LogP contribution < -0.4 is 14.4 Å². The Labute approximate surface area is 218 Å². The van der Waals surface area contributed by atoms with Gasteiger partial charge in [0.15, 0.2) is 11.5 Å². The van der Waals surface area contributed by atoms with Crippen molar-refractivity contribution >= 4 is 27.5 Å². The number of halogens is 1. The summed E-state index contributed by atoms with van der Waals surface area (Å²) in [4.78, 5) is 23.1. The van der Waals surface area contributed by atoms with Crippen LogP contribution >= 0.6 is 15.9 Å². The molecule has 0 N–H and O–H groups in total. The number of hydrogen-bond acceptors (Lipinski definition) is 6. The van der Waals surface area contributed by atoms with Gasteiger partial charge in [-0.15, -0.1) is 6.58 Å². The molecule has 36 heavy (non-hydrogen) atoms. The van der Waals surface area contributed by atoms with Gasteiger partial charge in [-0.3, -0.25) is 9.78 Å². The highest BCUT2D eigenvalue weighted by Crippen LogP contribution is 2.46. The van der Waals surface area contributed by atoms with Crippen LogP contribution in [0.2, 0.25) is 0 Å². The molecule has 3 aliphatic rings. The zero-order valence-electron chi connectivity index (χ0n) is 19.8. The number of morpholine rings is 1. The van der Waals surface area contributed by atoms with Crippen molar-refractivity contribution < 1.29 is 19.0 Å². The number of pyridine rings is 1. The number of anilines is 1. The molecule has 7 nitrogen and oxygen atoms in total. The Morgan fingerprint density at radius 2 is 1.83 bits per heavy atom. The molecule has 184 valence electrons. The predicted molar refractivity (Wildman–Crippen MR) is 140 cm³/mol. The first-order valence-electron chi connectivity index (χ1n) is 12.1. The van der Waals surface area contributed by atoms with Crippen molar-refractivity contribution in [2.75, 3.05) is 44.5 Å². The summed E-state index contributed by atoms with van der Waals surface area (Å²) in [5, 5.41) is 0. The highest BCUT2D eigenvalue weighted by Gasteiger charge is 2.41. The van der Waals surface area contributed by atoms with Crippen LogP contribution in [0.25, 0.3) is 0 Å². The minimum atomic E-state index is -0.373. The lowest BCUT2D eigenvalue weighted by molar-refractivity contribution is 0.0769. The SMILES string of the molecule is C=CCN1C(=O)c2cc(N3CCOCC3)c(Cc3ccccc3)nc2C1c1cc2c(cc1Br)OCO2. The molecule has 1 unspecified atom stereocenters. The third-order valence-electron chi connectivity index (χ3n) is 6.85. The standard InChI is InChI=1S/C28H26BrN3O4/c1-2-8-32-27(19-15-24-25(16-21(19)29)36-17-35-24)26-20(28(32)33)14-23(31-9-11-34-12-10-31)22(30-26)13-18-6-4-3-5-7-18/h2-7,14-16,27H,1,8-13,17H2. The van der Waals surface area contributed by atoms with Gasteiger partial charge in [0, 0.05) is 30.5 Å². The van der Waals surface area contributed by atoms with E-state index >= 15 is 0 Å². The van der Waals surface area contributed by atoms with Gasteiger partial charge in [0.1, 0.15) is 6.04 Å². The number of hydrogen-bond donors (Lipinski definition) is 0. The predicted octanol–water partition coefficient (Wildman–Crippen LogP) is 4.73. The van der Waals surface area contributed by atoms with Crippen LogP contribution in [0.5, 0.6) is 11.5 Å². The Kier molecular flexibility index (Phi) is 6.15. The van der Waals surface area contributed by atoms with Crippen LogP contribution in [0.4, 0.5) is 5.69 Å². The van der Waals surface area contributed by atoms with Crippen molar-refractivity contribution in [3.05, 3.63) is 93.7 Å². The van der Waals surface area contributed by atoms with Gasteiger partial charge in [-0.25, -0.2) is 0 Å². The van der Waals surface area contributed by atoms with E-state index in [0.29, 0.717) is 43.2 Å². The molecule has 0 aliphatic carbocycles. The van der Waals surface area contributed by atoms with E-state index in [9.17, 15) is 4.79 Å². The van der Waals surface area contributed by atoms with Crippen LogP contribution in [0.3, 0.4) is 0 Å². The van der Waals surface area contributed by atoms with Crippen molar-refractivity contribution in [3.8, 4) is 11.5 Å². The average Bonchev–Trinajstić information content (AvgIpc) is 3.46. The number of ether oxygens (including phenoxy) is 3. The van der Waals surface area contributed by atoms with E-state index in [-0.39, 0.29) is 18.7 Å². The summed E-state index contributed by atoms with van der Waals surface area (Å²) in [6, 6.07) is 15.8. The van der Waals surface area contributed by atoms with E-state index in [1.165, 1.54) is 5.56 Å². The summed E-state index contributed by atoms with van der Waals surface area (Å²) >= 11 is 3.71. The minimum Gasteiger partial charge on any atom is -0.454 e. The highest BCUT2D eigenvalue weighted by molar-refractivity contribution is 9.10. The molecule has 3 aliphatic heterocycles. The molecule has 0 saturated carbocycles. The molecule has 1 aromatic heterocycles. The zero-order chi connectivity index (χ0) is 24.6. The molecule has 2 aromatic carbocycles. The summed E-state index contributed by atoms with van der Waals surface area (Å²) in [6.07, 6.45) is 2.43. The fourth-order valence-electron chi connectivity index (χ4n) is 5.14. The second-order valence-corrected chi connectivity index (χ2v) is 9.88. The lowest BCUT2D eigenvalue weighted by atomic mass is 9.99. The molecule has 1 atom stereocenters. The lowest BCUT2D eigenvalue weighted by Gasteiger charge is -2.31. The third-order valence-corrected chi connectivity index (χ3v) is 7.54. The highest BCUT2D eigenvalue weighted by atomic mass is 79.9. The molecule has 4 heterocycles. The third kappa shape index (κ3) is 4.04. The van der Waals surface area contributed by atoms with Gasteiger partial charge in [-0.05, 0) is 29.3 Å². The van der Waals surface area contributed by atoms with E-state index in [1.54, 1.807) is 6.08 Å². The molecular formula is C28H26BrN3O4. The second kappa shape index (κ2) is 9.59. The number of benzene rings is 2. The number of aromatic nitrogens is 1. The van der Waals surface area contributed by atoms with Crippen LogP contribution in [0.1, 0.15) is 38.9 Å². The zero-order valence-corrected chi connectivity index (χ0v) is 21.4. The van der Waals surface area contributed by atoms with Crippen LogP contribution in [0.15, 0.2) is 65.7 Å². The van der Waals surface area contributed by atoms with Gasteiger partial charge in [0.2, 0.25) is 6.79 Å². The molecule has 1 saturated heterocycles. The second-order valence-electron chi connectivity index (χ2n) is 9.02. The van der Waals surface area contributed by atoms with Crippen molar-refractivity contribution in [2.45, 2.75) is 12.5 Å². The molecule has 3 aromatic rings. The van der Waals surface area contributed by atoms with Gasteiger partial charge >= 0.3 is 0 Å². The van der Waals surface area contributed by atoms with Crippen LogP contribution in [-0.4, -0.2) is 55.4 Å². The van der Waals surface area contributed by atoms with E-state index in [1.807, 2.05) is 41.3 Å². The Bertz CT molecular complexity index is 1320. The summed E-state index contributed by atoms with van der Waals surface area (Å²) in [7, 11) is 0. The topological polar surface area (TPSA) is 64.1 Å². The quantitative estimate of drug-likeness (QED) is 0.415. The minimum absolute atomic E-state index is 0.0484. The molecule has 1 fully saturated rings. The first-order valence-corrected chi connectivity index (χ1v) is 12.8. The summed E-state index contributed by atoms with van der Waals surface area (Å²) in [5.74, 6) is 1.31. The molecular weight excluding hydrogens is 522 g/mol. The number of nitrogens with zero attached hydrogens (tertiary/aromatic N) is 3. The molecule has 1 amide bonds. The first kappa shape index (κ1) is 23.1. The van der Waals surface area contributed by atoms with Crippen LogP contribution in [0, 0.1) is 0 Å². The van der Waals surface area contributed by atoms with Gasteiger partial charge in [0.25, 0.3) is 5.91 Å². The normalized spacial score (nSPS) is 18.5. The van der Waals surface area contributed by atoms with Crippen LogP contribution in [-0.2, 0) is 11.2 Å². The van der Waals surface area contributed by atoms with Gasteiger partial charge in [-0.1, -0.05) is 52.3 Å². The fourth-order valence-corrected chi connectivity index (χ4v) is 5.68. The van der Waals surface area contributed by atoms with E-state index in [2.05, 4.69) is 39.5 Å². The average molecular weight is 548 g/mol. The van der Waals surface area contributed by atoms with E-state index < -0.39 is 0 Å². The number of rotatable bonds is 6. The molecule has 6 rings (SSSR count). The van der Waals surface area contributed by atoms with Crippen molar-refractivity contribution in [2.24, 2.45) is 0 Å². The molecule has 0 bridgehead atoms. The number of carbonyl (C=O) groups excluding carboxylic acids is 1. The maximum Gasteiger partial charge on any atom is 0.257 e. The molecule has 0 radical (unpaired) electrons. The summed E-state index contributed by atoms with van der Waals surface area (Å²) < 4.78 is 17.6. The van der Waals surface area contributed by atoms with Crippen molar-refractivity contribution in [1.82, 2.24) is 9.88 Å². The van der Waals surface area contributed by atoms with Crippen molar-refractivity contribution in [1.29, 1.82) is 0 Å². The summed E-state index contributed by atoms with van der Waals surface area (Å²) in [6.45, 7) is 7.34. The fraction of sp³-hybridized carbons (Fsp3) is 0.286. The van der Waals surface area contributed by atoms with Gasteiger partial charge < -0.3 is 24.0 Å². The Morgan fingerprint density at radius 1 is 1.08 bits per heavy atom. The van der Waals surface area contributed by atoms with E-state index in [4.69, 9.17) is 19.2 Å². The number of fused-ring (bicyclic) bond motifs is 2. The molecule has 0 spiro atoms. The summed E-state index contributed by atoms with van der Waals surface area (Å²) in [5.41, 5.74) is 5.42. The molecule has 8 heteroatoms. The van der Waals surface area contributed by atoms with Gasteiger partial charge in [-0.2, -0.15) is 0 Å². The van der Waals surface area contributed by atoms with Gasteiger partial charge in [0.05, 0.1) is 35.9 Å². The number of amides is 1. The largest absolute Gasteiger partial charge is 0.454 e. The Hall–Kier alpha value is -3.36. The van der Waals surface area contributed by atoms with E-state index in [0.717, 1.165) is 40.2 Å². The van der Waals surface area contributed by atoms with Crippen molar-refractivity contribution in [3.63, 3.8) is 0 Å². The smallest absolute Gasteiger partial charge is 0.257 e. The lowest BCUT2D eigenvalue weighted by Crippen LogP contribution is -2.37. The first-order chi connectivity index (χ1) is 17.6. The monoisotopic (exact) mass is 547 g/mol. The maximum atomic E-state index is 13.7. The Morgan fingerprint density at radius 3 is 2.58 bits per heavy atom.